The lowest BCUT2D eigenvalue weighted by molar-refractivity contribution is -0.120. The quantitative estimate of drug-likeness (QED) is 0.826. The smallest absolute Gasteiger partial charge is 0.258 e. The van der Waals surface area contributed by atoms with Crippen LogP contribution in [0.1, 0.15) is 15.9 Å². The first-order valence-electron chi connectivity index (χ1n) is 7.64. The van der Waals surface area contributed by atoms with Crippen LogP contribution in [0.2, 0.25) is 0 Å². The summed E-state index contributed by atoms with van der Waals surface area (Å²) in [5, 5.41) is 19.3. The van der Waals surface area contributed by atoms with Gasteiger partial charge in [0, 0.05) is 18.8 Å². The Kier molecular flexibility index (Phi) is 4.12. The van der Waals surface area contributed by atoms with Crippen molar-refractivity contribution in [3.8, 4) is 11.5 Å². The molecule has 1 fully saturated rings. The molecule has 1 aliphatic rings. The molecule has 2 N–H and O–H groups in total. The zero-order chi connectivity index (χ0) is 17.3. The first-order valence-corrected chi connectivity index (χ1v) is 7.64. The summed E-state index contributed by atoms with van der Waals surface area (Å²) in [7, 11) is 0. The number of para-hydroxylation sites is 1. The Bertz CT molecular complexity index is 786. The minimum absolute atomic E-state index is 0.00779. The van der Waals surface area contributed by atoms with Gasteiger partial charge in [-0.3, -0.25) is 9.59 Å². The fourth-order valence-electron chi connectivity index (χ4n) is 2.72. The lowest BCUT2D eigenvalue weighted by Gasteiger charge is -2.34. The Labute approximate surface area is 139 Å². The molecule has 0 aromatic heterocycles. The maximum Gasteiger partial charge on any atom is 0.258 e. The van der Waals surface area contributed by atoms with E-state index in [1.807, 2.05) is 31.2 Å². The SMILES string of the molecule is Cc1ccc(N2CCN(C(=O)c3cccc(O)c3O)CC2=O)cc1. The van der Waals surface area contributed by atoms with Crippen molar-refractivity contribution < 1.29 is 19.8 Å². The van der Waals surface area contributed by atoms with Crippen LogP contribution in [0.3, 0.4) is 0 Å². The third-order valence-electron chi connectivity index (χ3n) is 4.10. The second-order valence-electron chi connectivity index (χ2n) is 5.78. The van der Waals surface area contributed by atoms with Gasteiger partial charge in [0.1, 0.15) is 6.54 Å². The van der Waals surface area contributed by atoms with E-state index in [1.54, 1.807) is 4.90 Å². The molecule has 1 aliphatic heterocycles. The van der Waals surface area contributed by atoms with Crippen molar-refractivity contribution in [2.24, 2.45) is 0 Å². The average molecular weight is 326 g/mol. The van der Waals surface area contributed by atoms with Crippen molar-refractivity contribution in [2.45, 2.75) is 6.92 Å². The molecular formula is C18H18N2O4. The molecule has 0 unspecified atom stereocenters. The Hall–Kier alpha value is -3.02. The number of benzene rings is 2. The second kappa shape index (κ2) is 6.23. The van der Waals surface area contributed by atoms with Gasteiger partial charge in [-0.25, -0.2) is 0 Å². The minimum Gasteiger partial charge on any atom is -0.504 e. The molecule has 6 nitrogen and oxygen atoms in total. The maximum absolute atomic E-state index is 12.5. The van der Waals surface area contributed by atoms with Crippen molar-refractivity contribution in [1.29, 1.82) is 0 Å². The highest BCUT2D eigenvalue weighted by molar-refractivity contribution is 6.03. The van der Waals surface area contributed by atoms with Crippen LogP contribution in [0.5, 0.6) is 11.5 Å². The molecule has 0 aliphatic carbocycles. The second-order valence-corrected chi connectivity index (χ2v) is 5.78. The van der Waals surface area contributed by atoms with E-state index >= 15 is 0 Å². The van der Waals surface area contributed by atoms with Gasteiger partial charge in [0.05, 0.1) is 5.56 Å². The van der Waals surface area contributed by atoms with Gasteiger partial charge in [-0.15, -0.1) is 0 Å². The van der Waals surface area contributed by atoms with E-state index in [9.17, 15) is 19.8 Å². The molecule has 2 aromatic carbocycles. The molecule has 2 aromatic rings. The van der Waals surface area contributed by atoms with E-state index in [1.165, 1.54) is 23.1 Å². The third-order valence-corrected chi connectivity index (χ3v) is 4.10. The number of anilines is 1. The molecule has 6 heteroatoms. The summed E-state index contributed by atoms with van der Waals surface area (Å²) in [6.07, 6.45) is 0. The molecule has 0 spiro atoms. The molecular weight excluding hydrogens is 308 g/mol. The monoisotopic (exact) mass is 326 g/mol. The van der Waals surface area contributed by atoms with Gasteiger partial charge in [-0.2, -0.15) is 0 Å². The first kappa shape index (κ1) is 15.9. The van der Waals surface area contributed by atoms with E-state index in [4.69, 9.17) is 0 Å². The summed E-state index contributed by atoms with van der Waals surface area (Å²) >= 11 is 0. The van der Waals surface area contributed by atoms with Gasteiger partial charge < -0.3 is 20.0 Å². The summed E-state index contributed by atoms with van der Waals surface area (Å²) in [6, 6.07) is 11.8. The number of amides is 2. The molecule has 124 valence electrons. The molecule has 1 saturated heterocycles. The minimum atomic E-state index is -0.472. The molecule has 2 amide bonds. The number of aromatic hydroxyl groups is 2. The topological polar surface area (TPSA) is 81.1 Å². The molecule has 24 heavy (non-hydrogen) atoms. The summed E-state index contributed by atoms with van der Waals surface area (Å²) in [5.41, 5.74) is 1.91. The number of phenolic OH excluding ortho intramolecular Hbond substituents is 2. The number of hydrogen-bond donors (Lipinski definition) is 2. The number of hydrogen-bond acceptors (Lipinski definition) is 4. The van der Waals surface area contributed by atoms with Gasteiger partial charge in [-0.05, 0) is 31.2 Å². The fourth-order valence-corrected chi connectivity index (χ4v) is 2.72. The van der Waals surface area contributed by atoms with E-state index in [0.717, 1.165) is 11.3 Å². The predicted octanol–water partition coefficient (Wildman–Crippen LogP) is 1.90. The van der Waals surface area contributed by atoms with Crippen molar-refractivity contribution >= 4 is 17.5 Å². The normalized spacial score (nSPS) is 14.8. The van der Waals surface area contributed by atoms with E-state index in [2.05, 4.69) is 0 Å². The molecule has 1 heterocycles. The molecule has 0 radical (unpaired) electrons. The zero-order valence-electron chi connectivity index (χ0n) is 13.3. The van der Waals surface area contributed by atoms with Gasteiger partial charge in [0.25, 0.3) is 5.91 Å². The number of aryl methyl sites for hydroxylation is 1. The van der Waals surface area contributed by atoms with Crippen molar-refractivity contribution in [2.75, 3.05) is 24.5 Å². The van der Waals surface area contributed by atoms with Crippen LogP contribution < -0.4 is 4.90 Å². The van der Waals surface area contributed by atoms with Crippen LogP contribution in [-0.2, 0) is 4.79 Å². The van der Waals surface area contributed by atoms with E-state index in [0.29, 0.717) is 13.1 Å². The summed E-state index contributed by atoms with van der Waals surface area (Å²) in [6.45, 7) is 2.65. The van der Waals surface area contributed by atoms with Crippen LogP contribution in [-0.4, -0.2) is 46.6 Å². The number of piperazine rings is 1. The molecule has 0 bridgehead atoms. The van der Waals surface area contributed by atoms with Crippen molar-refractivity contribution in [3.63, 3.8) is 0 Å². The summed E-state index contributed by atoms with van der Waals surface area (Å²) < 4.78 is 0. The van der Waals surface area contributed by atoms with Gasteiger partial charge >= 0.3 is 0 Å². The predicted molar refractivity (Wildman–Crippen MR) is 89.2 cm³/mol. The standard InChI is InChI=1S/C18H18N2O4/c1-12-5-7-13(8-6-12)20-10-9-19(11-16(20)22)18(24)14-3-2-4-15(21)17(14)23/h2-8,21,23H,9-11H2,1H3. The number of carbonyl (C=O) groups is 2. The molecule has 0 atom stereocenters. The number of carbonyl (C=O) groups excluding carboxylic acids is 2. The largest absolute Gasteiger partial charge is 0.504 e. The van der Waals surface area contributed by atoms with Crippen molar-refractivity contribution in [3.05, 3.63) is 53.6 Å². The lowest BCUT2D eigenvalue weighted by atomic mass is 10.1. The molecule has 0 saturated carbocycles. The lowest BCUT2D eigenvalue weighted by Crippen LogP contribution is -2.52. The summed E-state index contributed by atoms with van der Waals surface area (Å²) in [4.78, 5) is 27.9. The first-order chi connectivity index (χ1) is 11.5. The van der Waals surface area contributed by atoms with Crippen LogP contribution >= 0.6 is 0 Å². The van der Waals surface area contributed by atoms with Crippen LogP contribution in [0.4, 0.5) is 5.69 Å². The molecule has 3 rings (SSSR count). The Morgan fingerprint density at radius 2 is 1.75 bits per heavy atom. The van der Waals surface area contributed by atoms with Crippen molar-refractivity contribution in [1.82, 2.24) is 4.90 Å². The zero-order valence-corrected chi connectivity index (χ0v) is 13.3. The Morgan fingerprint density at radius 3 is 2.42 bits per heavy atom. The Morgan fingerprint density at radius 1 is 1.04 bits per heavy atom. The highest BCUT2D eigenvalue weighted by atomic mass is 16.3. The van der Waals surface area contributed by atoms with E-state index in [-0.39, 0.29) is 23.8 Å². The van der Waals surface area contributed by atoms with Gasteiger partial charge in [0.2, 0.25) is 5.91 Å². The highest BCUT2D eigenvalue weighted by Crippen LogP contribution is 2.29. The average Bonchev–Trinajstić information content (AvgIpc) is 2.58. The fraction of sp³-hybridized carbons (Fsp3) is 0.222. The summed E-state index contributed by atoms with van der Waals surface area (Å²) in [5.74, 6) is -1.47. The van der Waals surface area contributed by atoms with E-state index < -0.39 is 11.7 Å². The van der Waals surface area contributed by atoms with Crippen LogP contribution in [0.25, 0.3) is 0 Å². The number of rotatable bonds is 2. The van der Waals surface area contributed by atoms with Crippen LogP contribution in [0.15, 0.2) is 42.5 Å². The maximum atomic E-state index is 12.5. The third kappa shape index (κ3) is 2.90. The Balaban J connectivity index is 1.75. The number of nitrogens with zero attached hydrogens (tertiary/aromatic N) is 2. The van der Waals surface area contributed by atoms with Crippen LogP contribution in [0, 0.1) is 6.92 Å². The highest BCUT2D eigenvalue weighted by Gasteiger charge is 2.30. The van der Waals surface area contributed by atoms with Gasteiger partial charge in [0.15, 0.2) is 11.5 Å². The van der Waals surface area contributed by atoms with Gasteiger partial charge in [-0.1, -0.05) is 23.8 Å². The number of phenols is 2.